The lowest BCUT2D eigenvalue weighted by Crippen LogP contribution is -2.07. The van der Waals surface area contributed by atoms with Crippen LogP contribution in [0, 0.1) is 0 Å². The van der Waals surface area contributed by atoms with Gasteiger partial charge in [-0.15, -0.1) is 11.3 Å². The molecule has 9 heteroatoms. The summed E-state index contributed by atoms with van der Waals surface area (Å²) in [5.41, 5.74) is 27.0. The maximum atomic E-state index is 6.03. The normalized spacial score (nSPS) is 10.9. The third-order valence-electron chi connectivity index (χ3n) is 7.36. The molecule has 0 bridgehead atoms. The number of benzene rings is 4. The Kier molecular flexibility index (Phi) is 14.6. The van der Waals surface area contributed by atoms with Gasteiger partial charge in [0.1, 0.15) is 23.0 Å². The Morgan fingerprint density at radius 3 is 1.04 bits per heavy atom. The predicted octanol–water partition coefficient (Wildman–Crippen LogP) is 7.33. The van der Waals surface area contributed by atoms with Crippen LogP contribution in [0.2, 0.25) is 0 Å². The highest BCUT2D eigenvalue weighted by Gasteiger charge is 2.13. The van der Waals surface area contributed by atoms with E-state index in [1.54, 1.807) is 11.3 Å². The fraction of sp³-hybridized carbons (Fsp3) is 0.368. The third-order valence-corrected chi connectivity index (χ3v) is 8.52. The van der Waals surface area contributed by atoms with Crippen molar-refractivity contribution >= 4 is 31.5 Å². The smallest absolute Gasteiger partial charge is 0.123 e. The van der Waals surface area contributed by atoms with Crippen molar-refractivity contribution in [2.75, 3.05) is 52.6 Å². The zero-order valence-electron chi connectivity index (χ0n) is 27.8. The standard InChI is InChI=1S/C36H44N4O4S.C2H6/c37-9-1-13-41-29-17-27(18-30(23-29)42-14-2-10-38)25-5-7-35-33(21-25)34-22-26(6-8-36(34)45-35)28-19-31(43-15-3-11-39)24-32(20-28)44-16-4-12-40;1-2/h5-8,17-24H,1-4,9-16,37-40H2;1-2H3. The van der Waals surface area contributed by atoms with Gasteiger partial charge in [-0.3, -0.25) is 0 Å². The largest absolute Gasteiger partial charge is 0.493 e. The monoisotopic (exact) mass is 658 g/mol. The van der Waals surface area contributed by atoms with E-state index in [2.05, 4.69) is 60.7 Å². The van der Waals surface area contributed by atoms with Crippen molar-refractivity contribution in [3.05, 3.63) is 72.8 Å². The van der Waals surface area contributed by atoms with Crippen molar-refractivity contribution in [3.8, 4) is 45.3 Å². The van der Waals surface area contributed by atoms with Crippen LogP contribution >= 0.6 is 11.3 Å². The van der Waals surface area contributed by atoms with E-state index in [0.29, 0.717) is 52.6 Å². The first-order chi connectivity index (χ1) is 23.1. The molecule has 0 unspecified atom stereocenters. The molecule has 0 aliphatic rings. The lowest BCUT2D eigenvalue weighted by Gasteiger charge is -2.13. The fourth-order valence-corrected chi connectivity index (χ4v) is 6.11. The molecule has 0 saturated carbocycles. The Labute approximate surface area is 282 Å². The minimum Gasteiger partial charge on any atom is -0.493 e. The predicted molar refractivity (Wildman–Crippen MR) is 198 cm³/mol. The maximum Gasteiger partial charge on any atom is 0.123 e. The first kappa shape index (κ1) is 36.0. The molecule has 47 heavy (non-hydrogen) atoms. The topological polar surface area (TPSA) is 141 Å². The highest BCUT2D eigenvalue weighted by atomic mass is 32.1. The molecule has 252 valence electrons. The minimum atomic E-state index is 0.554. The molecule has 0 aliphatic carbocycles. The van der Waals surface area contributed by atoms with Gasteiger partial charge in [0.25, 0.3) is 0 Å². The van der Waals surface area contributed by atoms with E-state index in [-0.39, 0.29) is 0 Å². The van der Waals surface area contributed by atoms with E-state index in [0.717, 1.165) is 70.9 Å². The molecule has 5 aromatic rings. The van der Waals surface area contributed by atoms with Crippen LogP contribution in [0.1, 0.15) is 39.5 Å². The van der Waals surface area contributed by atoms with Crippen LogP contribution in [0.4, 0.5) is 0 Å². The SMILES string of the molecule is CC.NCCCOc1cc(OCCCN)cc(-c2ccc3sc4ccc(-c5cc(OCCCN)cc(OCCCN)c5)cc4c3c2)c1. The zero-order chi connectivity index (χ0) is 33.4. The van der Waals surface area contributed by atoms with E-state index in [1.165, 1.54) is 20.2 Å². The van der Waals surface area contributed by atoms with Gasteiger partial charge in [-0.2, -0.15) is 0 Å². The zero-order valence-corrected chi connectivity index (χ0v) is 28.6. The molecule has 0 atom stereocenters. The second-order valence-electron chi connectivity index (χ2n) is 10.9. The van der Waals surface area contributed by atoms with Crippen molar-refractivity contribution in [1.82, 2.24) is 0 Å². The van der Waals surface area contributed by atoms with Gasteiger partial charge in [-0.05, 0) is 123 Å². The molecule has 4 aromatic carbocycles. The van der Waals surface area contributed by atoms with Crippen molar-refractivity contribution in [2.45, 2.75) is 39.5 Å². The van der Waals surface area contributed by atoms with E-state index >= 15 is 0 Å². The summed E-state index contributed by atoms with van der Waals surface area (Å²) in [6.45, 7) is 8.54. The van der Waals surface area contributed by atoms with E-state index in [1.807, 2.05) is 26.0 Å². The molecule has 8 N–H and O–H groups in total. The van der Waals surface area contributed by atoms with Gasteiger partial charge in [-0.1, -0.05) is 26.0 Å². The molecule has 0 radical (unpaired) electrons. The van der Waals surface area contributed by atoms with Crippen LogP contribution in [-0.2, 0) is 0 Å². The highest BCUT2D eigenvalue weighted by molar-refractivity contribution is 7.25. The van der Waals surface area contributed by atoms with Gasteiger partial charge in [0.2, 0.25) is 0 Å². The summed E-state index contributed by atoms with van der Waals surface area (Å²) in [7, 11) is 0. The molecule has 0 aliphatic heterocycles. The van der Waals surface area contributed by atoms with Crippen LogP contribution in [0.15, 0.2) is 72.8 Å². The number of nitrogens with two attached hydrogens (primary N) is 4. The summed E-state index contributed by atoms with van der Waals surface area (Å²) in [6.07, 6.45) is 3.14. The molecule has 0 saturated heterocycles. The van der Waals surface area contributed by atoms with Crippen LogP contribution in [-0.4, -0.2) is 52.6 Å². The fourth-order valence-electron chi connectivity index (χ4n) is 5.04. The van der Waals surface area contributed by atoms with E-state index in [4.69, 9.17) is 41.9 Å². The minimum absolute atomic E-state index is 0.554. The summed E-state index contributed by atoms with van der Waals surface area (Å²) in [6, 6.07) is 25.4. The second-order valence-corrected chi connectivity index (χ2v) is 12.0. The van der Waals surface area contributed by atoms with Crippen LogP contribution < -0.4 is 41.9 Å². The molecule has 1 heterocycles. The number of hydrogen-bond donors (Lipinski definition) is 4. The Hall–Kier alpha value is -3.86. The van der Waals surface area contributed by atoms with Gasteiger partial charge in [0.05, 0.1) is 26.4 Å². The second kappa shape index (κ2) is 19.1. The van der Waals surface area contributed by atoms with E-state index in [9.17, 15) is 0 Å². The number of ether oxygens (including phenoxy) is 4. The van der Waals surface area contributed by atoms with Crippen molar-refractivity contribution < 1.29 is 18.9 Å². The first-order valence-electron chi connectivity index (χ1n) is 16.7. The molecule has 5 rings (SSSR count). The van der Waals surface area contributed by atoms with Crippen LogP contribution in [0.5, 0.6) is 23.0 Å². The summed E-state index contributed by atoms with van der Waals surface area (Å²) in [5.74, 6) is 3.05. The van der Waals surface area contributed by atoms with Gasteiger partial charge in [0.15, 0.2) is 0 Å². The molecule has 0 fully saturated rings. The Balaban J connectivity index is 0.00000245. The Morgan fingerprint density at radius 2 is 0.745 bits per heavy atom. The molecular weight excluding hydrogens is 609 g/mol. The van der Waals surface area contributed by atoms with Gasteiger partial charge in [-0.25, -0.2) is 0 Å². The lowest BCUT2D eigenvalue weighted by atomic mass is 9.99. The molecule has 0 spiro atoms. The third kappa shape index (κ3) is 10.1. The number of thiophene rings is 1. The molecule has 1 aromatic heterocycles. The number of rotatable bonds is 18. The van der Waals surface area contributed by atoms with E-state index < -0.39 is 0 Å². The van der Waals surface area contributed by atoms with Gasteiger partial charge < -0.3 is 41.9 Å². The number of fused-ring (bicyclic) bond motifs is 3. The van der Waals surface area contributed by atoms with Crippen LogP contribution in [0.3, 0.4) is 0 Å². The van der Waals surface area contributed by atoms with Crippen molar-refractivity contribution in [1.29, 1.82) is 0 Å². The average molecular weight is 659 g/mol. The lowest BCUT2D eigenvalue weighted by molar-refractivity contribution is 0.298. The summed E-state index contributed by atoms with van der Waals surface area (Å²) < 4.78 is 26.6. The highest BCUT2D eigenvalue weighted by Crippen LogP contribution is 2.40. The van der Waals surface area contributed by atoms with Gasteiger partial charge >= 0.3 is 0 Å². The van der Waals surface area contributed by atoms with Crippen molar-refractivity contribution in [2.24, 2.45) is 22.9 Å². The van der Waals surface area contributed by atoms with Gasteiger partial charge in [0, 0.05) is 32.3 Å². The Morgan fingerprint density at radius 1 is 0.426 bits per heavy atom. The summed E-state index contributed by atoms with van der Waals surface area (Å²) in [4.78, 5) is 0. The first-order valence-corrected chi connectivity index (χ1v) is 17.5. The molecule has 8 nitrogen and oxygen atoms in total. The van der Waals surface area contributed by atoms with Crippen LogP contribution in [0.25, 0.3) is 42.4 Å². The quantitative estimate of drug-likeness (QED) is 0.0718. The average Bonchev–Trinajstić information content (AvgIpc) is 3.47. The number of hydrogen-bond acceptors (Lipinski definition) is 9. The Bertz CT molecular complexity index is 1510. The van der Waals surface area contributed by atoms with Crippen molar-refractivity contribution in [3.63, 3.8) is 0 Å². The summed E-state index contributed by atoms with van der Waals surface area (Å²) >= 11 is 1.79. The maximum absolute atomic E-state index is 6.03. The summed E-state index contributed by atoms with van der Waals surface area (Å²) in [5, 5.41) is 2.40. The molecular formula is C38H50N4O4S. The molecule has 0 amide bonds.